The highest BCUT2D eigenvalue weighted by molar-refractivity contribution is 8.00. The van der Waals surface area contributed by atoms with Gasteiger partial charge in [0.05, 0.1) is 26.0 Å². The molecule has 3 aliphatic heterocycles. The van der Waals surface area contributed by atoms with Crippen LogP contribution in [-0.2, 0) is 45.8 Å². The van der Waals surface area contributed by atoms with Gasteiger partial charge in [0, 0.05) is 17.2 Å². The van der Waals surface area contributed by atoms with E-state index in [0.29, 0.717) is 0 Å². The number of thioether (sulfide) groups is 1. The molecule has 7 N–H and O–H groups in total. The van der Waals surface area contributed by atoms with E-state index >= 15 is 0 Å². The number of carbonyl (C=O) groups is 3. The van der Waals surface area contributed by atoms with Crippen LogP contribution in [0.15, 0.2) is 41.4 Å². The third-order valence-electron chi connectivity index (χ3n) is 7.45. The molecular weight excluding hydrogens is 657 g/mol. The molecule has 0 bridgehead atoms. The number of anilines is 1. The van der Waals surface area contributed by atoms with Crippen molar-refractivity contribution in [2.24, 2.45) is 0 Å². The topological polar surface area (TPSA) is 261 Å². The predicted molar refractivity (Wildman–Crippen MR) is 156 cm³/mol. The lowest BCUT2D eigenvalue weighted by molar-refractivity contribution is -0.150. The number of carbonyl (C=O) groups excluding carboxylic acids is 2. The summed E-state index contributed by atoms with van der Waals surface area (Å²) in [5.74, 6) is -2.33. The molecule has 2 saturated heterocycles. The first-order valence-corrected chi connectivity index (χ1v) is 16.5. The molecular formula is C24H26N8O10S3. The van der Waals surface area contributed by atoms with Crippen molar-refractivity contribution in [3.63, 3.8) is 0 Å². The van der Waals surface area contributed by atoms with E-state index in [1.807, 2.05) is 5.38 Å². The smallest absolute Gasteiger partial charge is 0.352 e. The number of hydrogen-bond donors (Lipinski definition) is 6. The van der Waals surface area contributed by atoms with Crippen molar-refractivity contribution in [2.75, 3.05) is 31.2 Å². The quantitative estimate of drug-likeness (QED) is 0.116. The molecule has 45 heavy (non-hydrogen) atoms. The summed E-state index contributed by atoms with van der Waals surface area (Å²) in [6.45, 7) is -1.66. The van der Waals surface area contributed by atoms with Crippen LogP contribution in [0.3, 0.4) is 0 Å². The normalized spacial score (nSPS) is 26.6. The highest BCUT2D eigenvalue weighted by Crippen LogP contribution is 2.40. The van der Waals surface area contributed by atoms with Crippen LogP contribution in [0.2, 0.25) is 0 Å². The fraction of sp³-hybridized carbons (Fsp3) is 0.417. The number of nitrogens with one attached hydrogen (secondary N) is 2. The molecule has 0 spiro atoms. The molecule has 0 saturated carbocycles. The zero-order chi connectivity index (χ0) is 32.1. The lowest BCUT2D eigenvalue weighted by Gasteiger charge is -2.49. The highest BCUT2D eigenvalue weighted by atomic mass is 32.2. The maximum atomic E-state index is 12.9. The molecule has 240 valence electrons. The molecule has 5 atom stereocenters. The van der Waals surface area contributed by atoms with Crippen molar-refractivity contribution < 1.29 is 47.0 Å². The van der Waals surface area contributed by atoms with Gasteiger partial charge in [-0.1, -0.05) is 6.07 Å². The highest BCUT2D eigenvalue weighted by Gasteiger charge is 2.54. The second kappa shape index (κ2) is 11.9. The van der Waals surface area contributed by atoms with Gasteiger partial charge in [0.25, 0.3) is 5.91 Å². The molecule has 3 aliphatic rings. The van der Waals surface area contributed by atoms with Crippen LogP contribution < -0.4 is 15.8 Å². The number of aliphatic hydroxyl groups is 2. The Balaban J connectivity index is 1.06. The lowest BCUT2D eigenvalue weighted by Crippen LogP contribution is -2.70. The summed E-state index contributed by atoms with van der Waals surface area (Å²) < 4.78 is 39.0. The second-order valence-electron chi connectivity index (χ2n) is 10.2. The average Bonchev–Trinajstić information content (AvgIpc) is 3.74. The summed E-state index contributed by atoms with van der Waals surface area (Å²) in [4.78, 5) is 51.1. The number of imidazole rings is 1. The summed E-state index contributed by atoms with van der Waals surface area (Å²) in [6.07, 6.45) is -0.550. The number of amides is 2. The number of rotatable bonds is 11. The van der Waals surface area contributed by atoms with E-state index in [4.69, 9.17) is 14.7 Å². The van der Waals surface area contributed by atoms with Gasteiger partial charge in [-0.2, -0.15) is 13.1 Å². The molecule has 0 aromatic carbocycles. The van der Waals surface area contributed by atoms with Crippen LogP contribution in [-0.4, -0.2) is 115 Å². The van der Waals surface area contributed by atoms with Crippen LogP contribution in [0.1, 0.15) is 4.88 Å². The van der Waals surface area contributed by atoms with E-state index in [2.05, 4.69) is 25.0 Å². The van der Waals surface area contributed by atoms with Gasteiger partial charge in [-0.3, -0.25) is 23.2 Å². The molecule has 0 radical (unpaired) electrons. The summed E-state index contributed by atoms with van der Waals surface area (Å²) in [5.41, 5.74) is 3.72. The largest absolute Gasteiger partial charge is 0.477 e. The number of β-lactam (4-membered cyclic amide) rings is 1. The Hall–Kier alpha value is -3.70. The van der Waals surface area contributed by atoms with Gasteiger partial charge in [-0.25, -0.2) is 19.7 Å². The third-order valence-corrected chi connectivity index (χ3v) is 10.6. The summed E-state index contributed by atoms with van der Waals surface area (Å²) in [7, 11) is -4.53. The number of nitrogens with zero attached hydrogens (tertiary/aromatic N) is 5. The second-order valence-corrected chi connectivity index (χ2v) is 13.8. The third kappa shape index (κ3) is 5.76. The lowest BCUT2D eigenvalue weighted by atomic mass is 10.0. The van der Waals surface area contributed by atoms with Crippen molar-refractivity contribution >= 4 is 68.2 Å². The first-order valence-electron chi connectivity index (χ1n) is 13.2. The maximum absolute atomic E-state index is 12.9. The Morgan fingerprint density at radius 3 is 2.82 bits per heavy atom. The molecule has 3 aromatic heterocycles. The number of nitrogens with two attached hydrogens (primary N) is 1. The minimum absolute atomic E-state index is 0.0516. The molecule has 2 amide bonds. The molecule has 18 nitrogen and oxygen atoms in total. The number of aromatic nitrogens is 4. The minimum atomic E-state index is -4.53. The number of thiophene rings is 1. The van der Waals surface area contributed by atoms with Gasteiger partial charge in [0.2, 0.25) is 5.91 Å². The summed E-state index contributed by atoms with van der Waals surface area (Å²) >= 11 is 2.58. The Labute approximate surface area is 262 Å². The molecule has 6 heterocycles. The molecule has 3 aromatic rings. The number of nitrogen functional groups attached to an aromatic ring is 1. The molecule has 6 rings (SSSR count). The monoisotopic (exact) mass is 682 g/mol. The first kappa shape index (κ1) is 31.3. The first-order chi connectivity index (χ1) is 21.4. The van der Waals surface area contributed by atoms with E-state index < -0.39 is 71.3 Å². The fourth-order valence-corrected chi connectivity index (χ4v) is 7.98. The van der Waals surface area contributed by atoms with Gasteiger partial charge in [-0.15, -0.1) is 23.1 Å². The zero-order valence-electron chi connectivity index (χ0n) is 23.0. The number of aliphatic hydroxyl groups excluding tert-OH is 1. The summed E-state index contributed by atoms with van der Waals surface area (Å²) in [6, 6.07) is 2.67. The maximum Gasteiger partial charge on any atom is 0.352 e. The van der Waals surface area contributed by atoms with Gasteiger partial charge >= 0.3 is 16.3 Å². The van der Waals surface area contributed by atoms with Crippen molar-refractivity contribution in [1.82, 2.24) is 34.5 Å². The molecule has 2 fully saturated rings. The van der Waals surface area contributed by atoms with Crippen molar-refractivity contribution in [2.45, 2.75) is 35.8 Å². The van der Waals surface area contributed by atoms with Gasteiger partial charge < -0.3 is 31.1 Å². The Morgan fingerprint density at radius 1 is 1.29 bits per heavy atom. The van der Waals surface area contributed by atoms with E-state index in [1.54, 1.807) is 12.1 Å². The van der Waals surface area contributed by atoms with E-state index in [1.165, 1.54) is 29.4 Å². The number of hydrogen-bond acceptors (Lipinski definition) is 15. The van der Waals surface area contributed by atoms with Crippen LogP contribution in [0, 0.1) is 0 Å². The number of ether oxygens (including phenoxy) is 1. The van der Waals surface area contributed by atoms with Gasteiger partial charge in [0.1, 0.15) is 41.2 Å². The van der Waals surface area contributed by atoms with Gasteiger partial charge in [0.15, 0.2) is 17.2 Å². The van der Waals surface area contributed by atoms with Crippen molar-refractivity contribution in [1.29, 1.82) is 0 Å². The minimum Gasteiger partial charge on any atom is -0.477 e. The molecule has 21 heteroatoms. The number of aliphatic carboxylic acids is 1. The molecule has 0 unspecified atom stereocenters. The Bertz CT molecular complexity index is 1800. The SMILES string of the molecule is Nc1ncnc2c1ncn2[C@@]1(O)CO[C@H](COS(=O)(=O)NCC2=C(C(=O)O)N3C(=O)[C@@H](NC(=O)Cc4cccs4)[C@H]3SC2)[C@H]1O. The number of fused-ring (bicyclic) bond motifs is 2. The summed E-state index contributed by atoms with van der Waals surface area (Å²) in [5, 5.41) is 35.7. The molecule has 0 aliphatic carbocycles. The van der Waals surface area contributed by atoms with E-state index in [0.717, 1.165) is 20.7 Å². The number of carboxylic acids is 1. The Kier molecular flexibility index (Phi) is 8.28. The van der Waals surface area contributed by atoms with Crippen LogP contribution in [0.4, 0.5) is 5.82 Å². The Morgan fingerprint density at radius 2 is 2.09 bits per heavy atom. The number of carboxylic acid groups (broad SMARTS) is 1. The standard InChI is InChI=1S/C24H26N8O10S3/c25-19-15-20(27-9-26-19)31(10-28-15)24(38)8-41-13(18(24)34)6-42-45(39,40)29-5-11-7-44-22-16(21(35)32(22)17(11)23(36)37)30-14(33)4-12-2-1-3-43-12/h1-3,9-10,13,16,18,22,29,34,38H,4-8H2,(H,30,33)(H,36,37)(H2,25,26,27)/t13-,16-,18-,22-,24-/m1/s1. The average molecular weight is 683 g/mol. The van der Waals surface area contributed by atoms with E-state index in [-0.39, 0.29) is 46.3 Å². The van der Waals surface area contributed by atoms with Crippen LogP contribution in [0.25, 0.3) is 11.2 Å². The van der Waals surface area contributed by atoms with Gasteiger partial charge in [-0.05, 0) is 17.0 Å². The van der Waals surface area contributed by atoms with Crippen molar-refractivity contribution in [3.05, 3.63) is 46.3 Å². The van der Waals surface area contributed by atoms with Crippen LogP contribution >= 0.6 is 23.1 Å². The fourth-order valence-electron chi connectivity index (χ4n) is 5.18. The van der Waals surface area contributed by atoms with Crippen molar-refractivity contribution in [3.8, 4) is 0 Å². The predicted octanol–water partition coefficient (Wildman–Crippen LogP) is -2.29. The van der Waals surface area contributed by atoms with Crippen LogP contribution in [0.5, 0.6) is 0 Å². The van der Waals surface area contributed by atoms with E-state index in [9.17, 15) is 38.1 Å². The zero-order valence-corrected chi connectivity index (χ0v) is 25.4.